The van der Waals surface area contributed by atoms with Crippen molar-refractivity contribution in [2.45, 2.75) is 51.0 Å². The predicted molar refractivity (Wildman–Crippen MR) is 74.0 cm³/mol. The van der Waals surface area contributed by atoms with Gasteiger partial charge in [0, 0.05) is 5.54 Å². The Hall–Kier alpha value is 0.440. The first-order chi connectivity index (χ1) is 8.56. The molecule has 0 aromatic carbocycles. The molecule has 4 aliphatic carbocycles. The van der Waals surface area contributed by atoms with Crippen molar-refractivity contribution in [2.24, 2.45) is 17.8 Å². The van der Waals surface area contributed by atoms with E-state index >= 15 is 0 Å². The zero-order valence-electron chi connectivity index (χ0n) is 11.0. The summed E-state index contributed by atoms with van der Waals surface area (Å²) in [4.78, 5) is 0. The Kier molecular flexibility index (Phi) is 3.56. The van der Waals surface area contributed by atoms with Crippen LogP contribution in [0.25, 0.3) is 0 Å². The van der Waals surface area contributed by atoms with E-state index in [0.29, 0.717) is 6.61 Å². The highest BCUT2D eigenvalue weighted by molar-refractivity contribution is 7.58. The highest BCUT2D eigenvalue weighted by atomic mass is 35.5. The number of nitrogens with one attached hydrogen (secondary N) is 1. The van der Waals surface area contributed by atoms with E-state index in [-0.39, 0.29) is 11.2 Å². The fourth-order valence-electron chi connectivity index (χ4n) is 4.91. The van der Waals surface area contributed by atoms with E-state index in [1.54, 1.807) is 0 Å². The molecule has 4 bridgehead atoms. The monoisotopic (exact) mass is 291 g/mol. The molecule has 4 saturated carbocycles. The average molecular weight is 292 g/mol. The van der Waals surface area contributed by atoms with Crippen LogP contribution in [0.15, 0.2) is 0 Å². The van der Waals surface area contributed by atoms with Gasteiger partial charge in [0.2, 0.25) is 0 Å². The highest BCUT2D eigenvalue weighted by Crippen LogP contribution is 2.59. The summed E-state index contributed by atoms with van der Waals surface area (Å²) in [5, 5.41) is 3.39. The van der Waals surface area contributed by atoms with Gasteiger partial charge in [-0.1, -0.05) is 0 Å². The van der Waals surface area contributed by atoms with Crippen molar-refractivity contribution in [1.29, 1.82) is 0 Å². The molecule has 104 valence electrons. The Morgan fingerprint density at radius 1 is 1.22 bits per heavy atom. The molecule has 18 heavy (non-hydrogen) atoms. The minimum atomic E-state index is -2.83. The van der Waals surface area contributed by atoms with Crippen LogP contribution in [0.2, 0.25) is 0 Å². The third kappa shape index (κ3) is 2.40. The smallest absolute Gasteiger partial charge is 0.284 e. The molecule has 1 N–H and O–H groups in total. The van der Waals surface area contributed by atoms with Crippen molar-refractivity contribution in [1.82, 2.24) is 5.09 Å². The fourth-order valence-corrected chi connectivity index (χ4v) is 6.91. The summed E-state index contributed by atoms with van der Waals surface area (Å²) in [6.45, 7) is 2.34. The standard InChI is InChI=1S/C13H23ClNO2P/c1-2-17-18(16,9-14)15-13-6-10-3-11(7-13)5-12(4-10)8-13/h10-12H,2-9H2,1H3,(H,15,16)/t10?,11?,12?,13?,18-/m0/s1. The third-order valence-corrected chi connectivity index (χ3v) is 7.69. The molecule has 5 heteroatoms. The summed E-state index contributed by atoms with van der Waals surface area (Å²) in [6.07, 6.45) is 7.69. The molecule has 0 amide bonds. The lowest BCUT2D eigenvalue weighted by Crippen LogP contribution is -2.57. The largest absolute Gasteiger partial charge is 0.317 e. The lowest BCUT2D eigenvalue weighted by molar-refractivity contribution is -0.0101. The first kappa shape index (κ1) is 13.4. The number of hydrogen-bond donors (Lipinski definition) is 1. The first-order valence-corrected chi connectivity index (χ1v) is 9.50. The third-order valence-electron chi connectivity index (χ3n) is 4.94. The lowest BCUT2D eigenvalue weighted by Gasteiger charge is -2.57. The van der Waals surface area contributed by atoms with E-state index in [9.17, 15) is 4.57 Å². The summed E-state index contributed by atoms with van der Waals surface area (Å²) in [7, 11) is -2.83. The zero-order chi connectivity index (χ0) is 12.8. The Morgan fingerprint density at radius 2 is 1.72 bits per heavy atom. The minimum absolute atomic E-state index is 0.0638. The van der Waals surface area contributed by atoms with Crippen LogP contribution in [-0.4, -0.2) is 17.8 Å². The van der Waals surface area contributed by atoms with Crippen molar-refractivity contribution in [2.75, 3.05) is 12.2 Å². The van der Waals surface area contributed by atoms with Crippen molar-refractivity contribution < 1.29 is 9.09 Å². The van der Waals surface area contributed by atoms with Crippen molar-refractivity contribution >= 4 is 19.1 Å². The number of hydrogen-bond acceptors (Lipinski definition) is 2. The summed E-state index contributed by atoms with van der Waals surface area (Å²) in [6, 6.07) is 0. The molecule has 0 spiro atoms. The van der Waals surface area contributed by atoms with Crippen LogP contribution < -0.4 is 5.09 Å². The van der Waals surface area contributed by atoms with Crippen molar-refractivity contribution in [3.05, 3.63) is 0 Å². The molecule has 0 aromatic rings. The number of rotatable bonds is 5. The number of halogens is 1. The predicted octanol–water partition coefficient (Wildman–Crippen LogP) is 3.97. The van der Waals surface area contributed by atoms with E-state index < -0.39 is 7.52 Å². The van der Waals surface area contributed by atoms with Gasteiger partial charge in [-0.15, -0.1) is 11.6 Å². The molecular formula is C13H23ClNO2P. The molecule has 0 heterocycles. The fraction of sp³-hybridized carbons (Fsp3) is 1.00. The van der Waals surface area contributed by atoms with Crippen LogP contribution in [-0.2, 0) is 9.09 Å². The van der Waals surface area contributed by atoms with E-state index in [1.165, 1.54) is 38.5 Å². The van der Waals surface area contributed by atoms with Crippen molar-refractivity contribution in [3.8, 4) is 0 Å². The summed E-state index contributed by atoms with van der Waals surface area (Å²) in [5.41, 5.74) is 0.150. The second-order valence-corrected chi connectivity index (χ2v) is 9.31. The molecule has 0 radical (unpaired) electrons. The topological polar surface area (TPSA) is 38.3 Å². The molecule has 4 aliphatic rings. The summed E-state index contributed by atoms with van der Waals surface area (Å²) < 4.78 is 18.0. The van der Waals surface area contributed by atoms with Crippen molar-refractivity contribution in [3.63, 3.8) is 0 Å². The van der Waals surface area contributed by atoms with Gasteiger partial charge in [0.25, 0.3) is 7.52 Å². The van der Waals surface area contributed by atoms with Gasteiger partial charge in [-0.2, -0.15) is 0 Å². The van der Waals surface area contributed by atoms with Gasteiger partial charge in [-0.3, -0.25) is 4.57 Å². The Balaban J connectivity index is 1.77. The average Bonchev–Trinajstić information content (AvgIpc) is 2.26. The number of alkyl halides is 1. The van der Waals surface area contributed by atoms with Gasteiger partial charge in [-0.05, 0) is 63.2 Å². The van der Waals surface area contributed by atoms with Crippen LogP contribution >= 0.6 is 19.1 Å². The molecule has 0 aromatic heterocycles. The van der Waals surface area contributed by atoms with Gasteiger partial charge in [-0.25, -0.2) is 5.09 Å². The SMILES string of the molecule is CCO[P@@](=O)(CCl)NC12CC3CC(CC(C3)C1)C2. The second kappa shape index (κ2) is 4.77. The zero-order valence-corrected chi connectivity index (χ0v) is 12.7. The van der Waals surface area contributed by atoms with Crippen LogP contribution in [0.5, 0.6) is 0 Å². The van der Waals surface area contributed by atoms with Crippen LogP contribution in [0.3, 0.4) is 0 Å². The highest BCUT2D eigenvalue weighted by Gasteiger charge is 2.52. The quantitative estimate of drug-likeness (QED) is 0.615. The summed E-state index contributed by atoms with van der Waals surface area (Å²) >= 11 is 5.88. The second-order valence-electron chi connectivity index (χ2n) is 6.52. The minimum Gasteiger partial charge on any atom is -0.317 e. The van der Waals surface area contributed by atoms with E-state index in [4.69, 9.17) is 16.1 Å². The Labute approximate surface area is 115 Å². The molecule has 0 unspecified atom stereocenters. The lowest BCUT2D eigenvalue weighted by atomic mass is 9.53. The normalized spacial score (nSPS) is 45.1. The van der Waals surface area contributed by atoms with Gasteiger partial charge in [0.15, 0.2) is 0 Å². The molecule has 3 nitrogen and oxygen atoms in total. The summed E-state index contributed by atoms with van der Waals surface area (Å²) in [5.74, 6) is 2.53. The maximum absolute atomic E-state index is 12.6. The van der Waals surface area contributed by atoms with E-state index in [1.807, 2.05) is 6.92 Å². The first-order valence-electron chi connectivity index (χ1n) is 7.15. The van der Waals surface area contributed by atoms with Crippen LogP contribution in [0, 0.1) is 17.8 Å². The van der Waals surface area contributed by atoms with Gasteiger partial charge < -0.3 is 4.52 Å². The molecule has 4 rings (SSSR count). The molecule has 1 atom stereocenters. The Bertz CT molecular complexity index is 339. The van der Waals surface area contributed by atoms with Crippen LogP contribution in [0.4, 0.5) is 0 Å². The molecule has 0 aliphatic heterocycles. The molecular weight excluding hydrogens is 269 g/mol. The van der Waals surface area contributed by atoms with Gasteiger partial charge in [0.1, 0.15) is 5.62 Å². The van der Waals surface area contributed by atoms with Gasteiger partial charge in [0.05, 0.1) is 6.61 Å². The Morgan fingerprint density at radius 3 is 2.11 bits per heavy atom. The van der Waals surface area contributed by atoms with Gasteiger partial charge >= 0.3 is 0 Å². The maximum Gasteiger partial charge on any atom is 0.284 e. The van der Waals surface area contributed by atoms with Crippen LogP contribution in [0.1, 0.15) is 45.4 Å². The maximum atomic E-state index is 12.6. The van der Waals surface area contributed by atoms with E-state index in [0.717, 1.165) is 17.8 Å². The molecule has 4 fully saturated rings. The molecule has 0 saturated heterocycles. The van der Waals surface area contributed by atoms with E-state index in [2.05, 4.69) is 5.09 Å².